The van der Waals surface area contributed by atoms with Gasteiger partial charge >= 0.3 is 10.4 Å². The number of likely N-dealkylation sites (N-methyl/N-ethyl adjacent to an activating group) is 1. The van der Waals surface area contributed by atoms with Gasteiger partial charge in [0, 0.05) is 30.8 Å². The minimum absolute atomic E-state index is 0.0173. The Balaban J connectivity index is 0.000000850. The van der Waals surface area contributed by atoms with Crippen molar-refractivity contribution in [3.8, 4) is 5.75 Å². The second kappa shape index (κ2) is 10.9. The number of phenolic OH excluding ortho intramolecular Hbond substituents is 1. The first-order chi connectivity index (χ1) is 18.8. The second-order valence-corrected chi connectivity index (χ2v) is 11.4. The third-order valence-electron chi connectivity index (χ3n) is 7.70. The van der Waals surface area contributed by atoms with E-state index in [1.165, 1.54) is 4.90 Å². The molecule has 0 aromatic heterocycles. The lowest BCUT2D eigenvalue weighted by Gasteiger charge is -2.50. The fraction of sp³-hybridized carbons (Fsp3) is 0.480. The molecule has 1 aromatic rings. The number of aliphatic hydroxyl groups excluding tert-OH is 2. The SMILES string of the molecule is CCCN(C)c1cc(N)c(O)c2c1CC1CC3[C@H](N(C)C)C(O)=C(C(N)=O)C(=O)[C@@]3(O)C(O)=C1C2=O.O=S(=O)(O)O. The van der Waals surface area contributed by atoms with Crippen LogP contribution in [-0.4, -0.2) is 99.7 Å². The standard InChI is InChI=1S/C25H32N4O7.H2O4S/c1-5-6-29(4)14-9-13(26)19(30)16-11(14)7-10-8-12-18(28(2)3)21(32)17(24(27)35)23(34)25(12,36)22(33)15(10)20(16)31;1-5(2,3)4/h9-10,12,18,30,32-33,36H,5-8,26H2,1-4H3,(H2,27,35);(H2,1,2,3,4)/t10?,12?,18-,25-;/m0./s1. The van der Waals surface area contributed by atoms with E-state index in [0.717, 1.165) is 6.42 Å². The Morgan fingerprint density at radius 1 is 1.15 bits per heavy atom. The van der Waals surface area contributed by atoms with E-state index in [0.29, 0.717) is 17.8 Å². The van der Waals surface area contributed by atoms with Gasteiger partial charge in [-0.25, -0.2) is 0 Å². The Bertz CT molecular complexity index is 1480. The highest BCUT2D eigenvalue weighted by atomic mass is 32.3. The van der Waals surface area contributed by atoms with Gasteiger partial charge in [-0.1, -0.05) is 6.92 Å². The number of carbonyl (C=O) groups is 3. The average molecular weight is 599 g/mol. The van der Waals surface area contributed by atoms with Gasteiger partial charge in [0.2, 0.25) is 5.78 Å². The summed E-state index contributed by atoms with van der Waals surface area (Å²) in [4.78, 5) is 42.6. The Hall–Kier alpha value is -3.70. The molecular formula is C25H34N4O11S. The summed E-state index contributed by atoms with van der Waals surface area (Å²) in [7, 11) is 0.358. The monoisotopic (exact) mass is 598 g/mol. The number of nitrogens with zero attached hydrogens (tertiary/aromatic N) is 2. The number of benzene rings is 1. The second-order valence-electron chi connectivity index (χ2n) is 10.5. The van der Waals surface area contributed by atoms with Crippen LogP contribution in [0.2, 0.25) is 0 Å². The van der Waals surface area contributed by atoms with Crippen LogP contribution in [0.15, 0.2) is 28.7 Å². The quantitative estimate of drug-likeness (QED) is 0.0952. The molecule has 1 amide bonds. The van der Waals surface area contributed by atoms with Crippen molar-refractivity contribution >= 4 is 39.2 Å². The number of phenols is 1. The third kappa shape index (κ3) is 5.36. The number of nitrogen functional groups attached to an aromatic ring is 1. The van der Waals surface area contributed by atoms with Crippen LogP contribution in [0.5, 0.6) is 5.75 Å². The summed E-state index contributed by atoms with van der Waals surface area (Å²) < 4.78 is 31.6. The maximum absolute atomic E-state index is 13.7. The molecular weight excluding hydrogens is 564 g/mol. The average Bonchev–Trinajstić information content (AvgIpc) is 2.82. The summed E-state index contributed by atoms with van der Waals surface area (Å²) in [5.74, 6) is -6.91. The lowest BCUT2D eigenvalue weighted by Crippen LogP contribution is -2.63. The minimum Gasteiger partial charge on any atom is -0.510 e. The Morgan fingerprint density at radius 3 is 2.20 bits per heavy atom. The molecule has 0 heterocycles. The Morgan fingerprint density at radius 2 is 1.71 bits per heavy atom. The summed E-state index contributed by atoms with van der Waals surface area (Å²) in [5.41, 5.74) is 8.76. The van der Waals surface area contributed by atoms with Crippen LogP contribution in [0.25, 0.3) is 0 Å². The Labute approximate surface area is 235 Å². The van der Waals surface area contributed by atoms with Crippen LogP contribution in [-0.2, 0) is 26.4 Å². The molecule has 0 saturated carbocycles. The molecule has 41 heavy (non-hydrogen) atoms. The summed E-state index contributed by atoms with van der Waals surface area (Å²) in [6.07, 6.45) is 1.07. The van der Waals surface area contributed by atoms with Gasteiger partial charge in [0.1, 0.15) is 22.8 Å². The van der Waals surface area contributed by atoms with E-state index in [1.807, 2.05) is 18.9 Å². The number of fused-ring (bicyclic) bond motifs is 3. The van der Waals surface area contributed by atoms with Gasteiger partial charge in [-0.2, -0.15) is 8.42 Å². The van der Waals surface area contributed by atoms with E-state index in [2.05, 4.69) is 0 Å². The number of amides is 1. The summed E-state index contributed by atoms with van der Waals surface area (Å²) in [6, 6.07) is 0.572. The number of ketones is 2. The lowest BCUT2D eigenvalue weighted by molar-refractivity contribution is -0.148. The smallest absolute Gasteiger partial charge is 0.394 e. The van der Waals surface area contributed by atoms with Gasteiger partial charge < -0.3 is 36.8 Å². The van der Waals surface area contributed by atoms with E-state index in [-0.39, 0.29) is 29.7 Å². The van der Waals surface area contributed by atoms with Crippen LogP contribution in [0.1, 0.15) is 35.7 Å². The molecule has 1 aromatic carbocycles. The fourth-order valence-corrected chi connectivity index (χ4v) is 6.12. The maximum Gasteiger partial charge on any atom is 0.394 e. The van der Waals surface area contributed by atoms with Crippen molar-refractivity contribution in [2.75, 3.05) is 38.3 Å². The van der Waals surface area contributed by atoms with Crippen molar-refractivity contribution in [3.05, 3.63) is 39.9 Å². The zero-order chi connectivity index (χ0) is 31.4. The predicted octanol–water partition coefficient (Wildman–Crippen LogP) is -0.104. The van der Waals surface area contributed by atoms with E-state index in [1.54, 1.807) is 20.2 Å². The number of hydrogen-bond donors (Lipinski definition) is 8. The number of nitrogens with two attached hydrogens (primary N) is 2. The molecule has 0 aliphatic heterocycles. The number of Topliss-reactive ketones (excluding diaryl/α,β-unsaturated/α-hetero) is 2. The molecule has 0 spiro atoms. The molecule has 0 saturated heterocycles. The van der Waals surface area contributed by atoms with E-state index in [4.69, 9.17) is 29.0 Å². The van der Waals surface area contributed by atoms with Crippen molar-refractivity contribution < 1.29 is 52.3 Å². The number of anilines is 2. The van der Waals surface area contributed by atoms with Crippen molar-refractivity contribution in [1.29, 1.82) is 0 Å². The molecule has 15 nitrogen and oxygen atoms in total. The molecule has 4 atom stereocenters. The zero-order valence-corrected chi connectivity index (χ0v) is 23.6. The van der Waals surface area contributed by atoms with Crippen LogP contribution in [0.3, 0.4) is 0 Å². The predicted molar refractivity (Wildman–Crippen MR) is 146 cm³/mol. The topological polar surface area (TPSA) is 265 Å². The largest absolute Gasteiger partial charge is 0.510 e. The highest BCUT2D eigenvalue weighted by molar-refractivity contribution is 7.79. The number of rotatable bonds is 5. The van der Waals surface area contributed by atoms with Crippen LogP contribution >= 0.6 is 0 Å². The molecule has 4 rings (SSSR count). The molecule has 226 valence electrons. The van der Waals surface area contributed by atoms with Gasteiger partial charge in [-0.05, 0) is 50.9 Å². The first-order valence-corrected chi connectivity index (χ1v) is 13.9. The molecule has 3 aliphatic rings. The fourth-order valence-electron chi connectivity index (χ4n) is 6.12. The van der Waals surface area contributed by atoms with Gasteiger partial charge in [0.15, 0.2) is 11.4 Å². The van der Waals surface area contributed by atoms with Crippen LogP contribution in [0, 0.1) is 11.8 Å². The number of aliphatic hydroxyl groups is 3. The highest BCUT2D eigenvalue weighted by Crippen LogP contribution is 2.53. The van der Waals surface area contributed by atoms with Crippen molar-refractivity contribution in [3.63, 3.8) is 0 Å². The number of aromatic hydroxyl groups is 1. The molecule has 0 bridgehead atoms. The normalized spacial score (nSPS) is 25.7. The molecule has 16 heteroatoms. The molecule has 2 unspecified atom stereocenters. The van der Waals surface area contributed by atoms with Gasteiger partial charge in [-0.15, -0.1) is 0 Å². The third-order valence-corrected chi connectivity index (χ3v) is 7.70. The van der Waals surface area contributed by atoms with E-state index >= 15 is 0 Å². The van der Waals surface area contributed by atoms with Gasteiger partial charge in [0.25, 0.3) is 5.91 Å². The van der Waals surface area contributed by atoms with E-state index in [9.17, 15) is 34.8 Å². The van der Waals surface area contributed by atoms with Crippen LogP contribution < -0.4 is 16.4 Å². The van der Waals surface area contributed by atoms with Crippen molar-refractivity contribution in [2.45, 2.75) is 37.8 Å². The summed E-state index contributed by atoms with van der Waals surface area (Å²) in [5, 5.41) is 44.5. The van der Waals surface area contributed by atoms with Crippen molar-refractivity contribution in [1.82, 2.24) is 4.90 Å². The number of allylic oxidation sites excluding steroid dienone is 1. The Kier molecular flexibility index (Phi) is 8.49. The lowest BCUT2D eigenvalue weighted by atomic mass is 9.58. The minimum atomic E-state index is -4.67. The molecule has 10 N–H and O–H groups in total. The zero-order valence-electron chi connectivity index (χ0n) is 22.8. The van der Waals surface area contributed by atoms with Gasteiger partial charge in [0.05, 0.1) is 17.3 Å². The number of carbonyl (C=O) groups excluding carboxylic acids is 3. The molecule has 0 radical (unpaired) electrons. The highest BCUT2D eigenvalue weighted by Gasteiger charge is 2.63. The summed E-state index contributed by atoms with van der Waals surface area (Å²) in [6.45, 7) is 2.66. The maximum atomic E-state index is 13.7. The molecule has 0 fully saturated rings. The molecule has 3 aliphatic carbocycles. The van der Waals surface area contributed by atoms with Gasteiger partial charge in [-0.3, -0.25) is 28.4 Å². The first kappa shape index (κ1) is 31.8. The number of hydrogen-bond acceptors (Lipinski definition) is 12. The van der Waals surface area contributed by atoms with Crippen molar-refractivity contribution in [2.24, 2.45) is 17.6 Å². The summed E-state index contributed by atoms with van der Waals surface area (Å²) >= 11 is 0. The first-order valence-electron chi connectivity index (χ1n) is 12.5. The number of primary amides is 1. The van der Waals surface area contributed by atoms with Crippen LogP contribution in [0.4, 0.5) is 11.4 Å². The van der Waals surface area contributed by atoms with E-state index < -0.39 is 74.2 Å².